The molecule has 5 nitrogen and oxygen atoms in total. The summed E-state index contributed by atoms with van der Waals surface area (Å²) in [5.41, 5.74) is 5.46. The van der Waals surface area contributed by atoms with E-state index in [0.717, 1.165) is 19.4 Å². The molecule has 5 heteroatoms. The van der Waals surface area contributed by atoms with Crippen LogP contribution in [0.4, 0.5) is 0 Å². The number of ether oxygens (including phenoxy) is 1. The second kappa shape index (κ2) is 5.17. The van der Waals surface area contributed by atoms with Gasteiger partial charge in [0, 0.05) is 12.6 Å². The van der Waals surface area contributed by atoms with Gasteiger partial charge in [-0.1, -0.05) is 5.16 Å². The van der Waals surface area contributed by atoms with Crippen LogP contribution in [0.25, 0.3) is 0 Å². The third kappa shape index (κ3) is 2.85. The van der Waals surface area contributed by atoms with E-state index < -0.39 is 0 Å². The maximum atomic E-state index is 8.48. The minimum Gasteiger partial charge on any atom is -0.409 e. The number of amidine groups is 1. The van der Waals surface area contributed by atoms with E-state index in [1.54, 1.807) is 0 Å². The molecule has 0 aromatic carbocycles. The number of nitrogens with zero attached hydrogens (tertiary/aromatic N) is 1. The summed E-state index contributed by atoms with van der Waals surface area (Å²) in [5, 5.41) is 14.7. The number of nitrogens with two attached hydrogens (primary N) is 1. The highest BCUT2D eigenvalue weighted by molar-refractivity contribution is 5.84. The highest BCUT2D eigenvalue weighted by atomic mass is 16.5. The lowest BCUT2D eigenvalue weighted by Gasteiger charge is -2.23. The lowest BCUT2D eigenvalue weighted by Crippen LogP contribution is -2.47. The van der Waals surface area contributed by atoms with E-state index in [0.29, 0.717) is 0 Å². The van der Waals surface area contributed by atoms with Crippen molar-refractivity contribution in [3.8, 4) is 0 Å². The molecule has 0 spiro atoms. The Morgan fingerprint density at radius 1 is 1.64 bits per heavy atom. The van der Waals surface area contributed by atoms with Crippen molar-refractivity contribution >= 4 is 5.84 Å². The largest absolute Gasteiger partial charge is 0.409 e. The second-order valence-electron chi connectivity index (χ2n) is 3.75. The monoisotopic (exact) mass is 201 g/mol. The van der Waals surface area contributed by atoms with Crippen molar-refractivity contribution in [3.05, 3.63) is 0 Å². The van der Waals surface area contributed by atoms with E-state index in [4.69, 9.17) is 15.7 Å². The summed E-state index contributed by atoms with van der Waals surface area (Å²) in [6, 6.07) is 0.104. The minimum absolute atomic E-state index is 0.126. The van der Waals surface area contributed by atoms with Crippen LogP contribution in [0.2, 0.25) is 0 Å². The smallest absolute Gasteiger partial charge is 0.156 e. The Balaban J connectivity index is 2.35. The molecule has 3 atom stereocenters. The summed E-state index contributed by atoms with van der Waals surface area (Å²) in [7, 11) is 0. The molecule has 14 heavy (non-hydrogen) atoms. The molecule has 0 amide bonds. The van der Waals surface area contributed by atoms with Crippen molar-refractivity contribution in [2.75, 3.05) is 6.61 Å². The molecule has 0 radical (unpaired) electrons. The predicted molar refractivity (Wildman–Crippen MR) is 54.4 cm³/mol. The van der Waals surface area contributed by atoms with Gasteiger partial charge in [0.25, 0.3) is 0 Å². The first kappa shape index (κ1) is 11.3. The molecule has 1 fully saturated rings. The van der Waals surface area contributed by atoms with Gasteiger partial charge in [0.1, 0.15) is 0 Å². The average molecular weight is 201 g/mol. The van der Waals surface area contributed by atoms with E-state index in [1.165, 1.54) is 0 Å². The molecule has 3 unspecified atom stereocenters. The van der Waals surface area contributed by atoms with Crippen molar-refractivity contribution in [2.24, 2.45) is 10.9 Å². The summed E-state index contributed by atoms with van der Waals surface area (Å²) < 4.78 is 5.52. The maximum absolute atomic E-state index is 8.48. The SMILES string of the molecule is CC(NC(C)C1CCCO1)C(N)=NO. The van der Waals surface area contributed by atoms with Gasteiger partial charge in [0.2, 0.25) is 0 Å². The zero-order valence-corrected chi connectivity index (χ0v) is 8.73. The van der Waals surface area contributed by atoms with Crippen LogP contribution in [-0.2, 0) is 4.74 Å². The topological polar surface area (TPSA) is 79.9 Å². The first-order chi connectivity index (χ1) is 6.65. The second-order valence-corrected chi connectivity index (χ2v) is 3.75. The van der Waals surface area contributed by atoms with Gasteiger partial charge in [-0.2, -0.15) is 0 Å². The molecule has 1 heterocycles. The molecule has 4 N–H and O–H groups in total. The highest BCUT2D eigenvalue weighted by Crippen LogP contribution is 2.15. The molecule has 82 valence electrons. The molecule has 0 aromatic heterocycles. The van der Waals surface area contributed by atoms with Crippen LogP contribution in [0.3, 0.4) is 0 Å². The Morgan fingerprint density at radius 2 is 2.36 bits per heavy atom. The van der Waals surface area contributed by atoms with Crippen LogP contribution >= 0.6 is 0 Å². The third-order valence-corrected chi connectivity index (χ3v) is 2.59. The third-order valence-electron chi connectivity index (χ3n) is 2.59. The fourth-order valence-electron chi connectivity index (χ4n) is 1.67. The summed E-state index contributed by atoms with van der Waals surface area (Å²) in [4.78, 5) is 0. The Morgan fingerprint density at radius 3 is 2.86 bits per heavy atom. The molecule has 1 rings (SSSR count). The van der Waals surface area contributed by atoms with E-state index in [2.05, 4.69) is 17.4 Å². The first-order valence-corrected chi connectivity index (χ1v) is 5.00. The van der Waals surface area contributed by atoms with Gasteiger partial charge in [-0.3, -0.25) is 0 Å². The number of rotatable bonds is 4. The van der Waals surface area contributed by atoms with Crippen LogP contribution < -0.4 is 11.1 Å². The van der Waals surface area contributed by atoms with Gasteiger partial charge in [-0.25, -0.2) is 0 Å². The molecule has 1 saturated heterocycles. The Hall–Kier alpha value is -0.810. The zero-order valence-electron chi connectivity index (χ0n) is 8.73. The van der Waals surface area contributed by atoms with Crippen LogP contribution in [0.5, 0.6) is 0 Å². The Bertz CT molecular complexity index is 202. The molecule has 0 aromatic rings. The quantitative estimate of drug-likeness (QED) is 0.264. The van der Waals surface area contributed by atoms with Crippen molar-refractivity contribution in [1.82, 2.24) is 5.32 Å². The van der Waals surface area contributed by atoms with Gasteiger partial charge in [-0.05, 0) is 26.7 Å². The number of hydrogen-bond acceptors (Lipinski definition) is 4. The number of hydrogen-bond donors (Lipinski definition) is 3. The molecule has 1 aliphatic heterocycles. The molecule has 0 aliphatic carbocycles. The van der Waals surface area contributed by atoms with Crippen molar-refractivity contribution in [3.63, 3.8) is 0 Å². The lowest BCUT2D eigenvalue weighted by atomic mass is 10.1. The first-order valence-electron chi connectivity index (χ1n) is 5.00. The summed E-state index contributed by atoms with van der Waals surface area (Å²) in [6.45, 7) is 4.76. The molecule has 0 saturated carbocycles. The van der Waals surface area contributed by atoms with Gasteiger partial charge >= 0.3 is 0 Å². The summed E-state index contributed by atoms with van der Waals surface area (Å²) in [6.07, 6.45) is 2.45. The van der Waals surface area contributed by atoms with Crippen molar-refractivity contribution in [1.29, 1.82) is 0 Å². The Labute approximate surface area is 84.3 Å². The standard InChI is InChI=1S/C9H19N3O2/c1-6(8-4-3-5-14-8)11-7(2)9(10)12-13/h6-8,11,13H,3-5H2,1-2H3,(H2,10,12). The van der Waals surface area contributed by atoms with Crippen LogP contribution in [0.15, 0.2) is 5.16 Å². The molecular formula is C9H19N3O2. The molecular weight excluding hydrogens is 182 g/mol. The normalized spacial score (nSPS) is 27.6. The van der Waals surface area contributed by atoms with Crippen molar-refractivity contribution < 1.29 is 9.94 Å². The molecule has 1 aliphatic rings. The van der Waals surface area contributed by atoms with Crippen LogP contribution in [0.1, 0.15) is 26.7 Å². The van der Waals surface area contributed by atoms with E-state index in [1.807, 2.05) is 6.92 Å². The lowest BCUT2D eigenvalue weighted by molar-refractivity contribution is 0.0825. The van der Waals surface area contributed by atoms with Crippen LogP contribution in [0, 0.1) is 0 Å². The Kier molecular flexibility index (Phi) is 4.16. The number of oxime groups is 1. The van der Waals surface area contributed by atoms with Crippen LogP contribution in [-0.4, -0.2) is 35.8 Å². The minimum atomic E-state index is -0.126. The van der Waals surface area contributed by atoms with Gasteiger partial charge in [0.05, 0.1) is 12.1 Å². The fourth-order valence-corrected chi connectivity index (χ4v) is 1.67. The zero-order chi connectivity index (χ0) is 10.6. The van der Waals surface area contributed by atoms with E-state index in [-0.39, 0.29) is 24.0 Å². The van der Waals surface area contributed by atoms with Gasteiger partial charge in [0.15, 0.2) is 5.84 Å². The number of nitrogens with one attached hydrogen (secondary N) is 1. The predicted octanol–water partition coefficient (Wildman–Crippen LogP) is 0.278. The fraction of sp³-hybridized carbons (Fsp3) is 0.889. The summed E-state index contributed by atoms with van der Waals surface area (Å²) >= 11 is 0. The summed E-state index contributed by atoms with van der Waals surface area (Å²) in [5.74, 6) is 0.204. The van der Waals surface area contributed by atoms with E-state index >= 15 is 0 Å². The van der Waals surface area contributed by atoms with E-state index in [9.17, 15) is 0 Å². The van der Waals surface area contributed by atoms with Gasteiger partial charge < -0.3 is 21.0 Å². The molecule has 0 bridgehead atoms. The van der Waals surface area contributed by atoms with Gasteiger partial charge in [-0.15, -0.1) is 0 Å². The van der Waals surface area contributed by atoms with Crippen molar-refractivity contribution in [2.45, 2.75) is 44.9 Å². The average Bonchev–Trinajstić information content (AvgIpc) is 2.69. The maximum Gasteiger partial charge on any atom is 0.156 e. The highest BCUT2D eigenvalue weighted by Gasteiger charge is 2.24.